The first-order valence-corrected chi connectivity index (χ1v) is 8.03. The van der Waals surface area contributed by atoms with Crippen molar-refractivity contribution in [1.82, 2.24) is 10.2 Å². The second kappa shape index (κ2) is 8.70. The maximum atomic E-state index is 12.0. The van der Waals surface area contributed by atoms with Crippen LogP contribution in [0.15, 0.2) is 0 Å². The van der Waals surface area contributed by atoms with Gasteiger partial charge in [-0.25, -0.2) is 4.79 Å². The maximum Gasteiger partial charge on any atom is 0.410 e. The fraction of sp³-hybridized carbons (Fsp3) is 0.938. The Morgan fingerprint density at radius 1 is 1.32 bits per heavy atom. The van der Waals surface area contributed by atoms with Crippen molar-refractivity contribution in [2.45, 2.75) is 58.5 Å². The Balaban J connectivity index is 2.26. The summed E-state index contributed by atoms with van der Waals surface area (Å²) >= 11 is 0. The lowest BCUT2D eigenvalue weighted by atomic mass is 10.1. The van der Waals surface area contributed by atoms with Crippen LogP contribution < -0.4 is 5.32 Å². The van der Waals surface area contributed by atoms with E-state index >= 15 is 0 Å². The molecular weight excluding hydrogens is 284 g/mol. The summed E-state index contributed by atoms with van der Waals surface area (Å²) in [6.07, 6.45) is 1.63. The Bertz CT molecular complexity index is 340. The Kier molecular flexibility index (Phi) is 7.59. The van der Waals surface area contributed by atoms with E-state index in [1.54, 1.807) is 14.2 Å². The molecule has 1 N–H and O–H groups in total. The summed E-state index contributed by atoms with van der Waals surface area (Å²) in [6, 6.07) is 0.137. The summed E-state index contributed by atoms with van der Waals surface area (Å²) in [5, 5.41) is 3.41. The molecule has 0 aliphatic carbocycles. The van der Waals surface area contributed by atoms with Gasteiger partial charge in [0, 0.05) is 27.3 Å². The van der Waals surface area contributed by atoms with E-state index in [2.05, 4.69) is 5.32 Å². The molecule has 1 aliphatic rings. The monoisotopic (exact) mass is 316 g/mol. The summed E-state index contributed by atoms with van der Waals surface area (Å²) in [5.74, 6) is 0.524. The molecular formula is C16H32N2O4. The van der Waals surface area contributed by atoms with Gasteiger partial charge in [0.05, 0.1) is 6.04 Å². The fourth-order valence-corrected chi connectivity index (χ4v) is 2.68. The van der Waals surface area contributed by atoms with E-state index in [0.717, 1.165) is 32.5 Å². The van der Waals surface area contributed by atoms with Crippen molar-refractivity contribution in [1.29, 1.82) is 0 Å². The Labute approximate surface area is 134 Å². The van der Waals surface area contributed by atoms with Gasteiger partial charge < -0.3 is 24.4 Å². The summed E-state index contributed by atoms with van der Waals surface area (Å²) in [7, 11) is 3.28. The van der Waals surface area contributed by atoms with Crippen molar-refractivity contribution < 1.29 is 19.0 Å². The van der Waals surface area contributed by atoms with E-state index in [0.29, 0.717) is 5.92 Å². The molecule has 1 aliphatic heterocycles. The number of ether oxygens (including phenoxy) is 3. The van der Waals surface area contributed by atoms with Gasteiger partial charge in [-0.3, -0.25) is 0 Å². The number of likely N-dealkylation sites (tertiary alicyclic amines) is 1. The first kappa shape index (κ1) is 19.2. The molecule has 2 unspecified atom stereocenters. The standard InChI is InChI=1S/C16H32N2O4/c1-12(14(20-5)21-6)17-9-7-13-8-10-18(11-13)15(19)22-16(2,3)4/h12-14,17H,7-11H2,1-6H3. The average molecular weight is 316 g/mol. The number of nitrogens with zero attached hydrogens (tertiary/aromatic N) is 1. The first-order valence-electron chi connectivity index (χ1n) is 8.03. The molecule has 0 aromatic heterocycles. The quantitative estimate of drug-likeness (QED) is 0.730. The highest BCUT2D eigenvalue weighted by Gasteiger charge is 2.29. The first-order chi connectivity index (χ1) is 10.3. The SMILES string of the molecule is COC(OC)C(C)NCCC1CCN(C(=O)OC(C)(C)C)C1. The largest absolute Gasteiger partial charge is 0.444 e. The molecule has 22 heavy (non-hydrogen) atoms. The van der Waals surface area contributed by atoms with Crippen molar-refractivity contribution >= 4 is 6.09 Å². The average Bonchev–Trinajstić information content (AvgIpc) is 2.87. The third kappa shape index (κ3) is 6.50. The number of hydrogen-bond donors (Lipinski definition) is 1. The van der Waals surface area contributed by atoms with Crippen LogP contribution in [0.4, 0.5) is 4.79 Å². The summed E-state index contributed by atoms with van der Waals surface area (Å²) in [6.45, 7) is 10.2. The third-order valence-corrected chi connectivity index (χ3v) is 3.83. The van der Waals surface area contributed by atoms with Crippen LogP contribution in [0.5, 0.6) is 0 Å². The van der Waals surface area contributed by atoms with Crippen molar-refractivity contribution in [3.8, 4) is 0 Å². The third-order valence-electron chi connectivity index (χ3n) is 3.83. The topological polar surface area (TPSA) is 60.0 Å². The molecule has 6 heteroatoms. The molecule has 0 spiro atoms. The zero-order valence-electron chi connectivity index (χ0n) is 14.8. The van der Waals surface area contributed by atoms with E-state index in [9.17, 15) is 4.79 Å². The summed E-state index contributed by atoms with van der Waals surface area (Å²) in [5.41, 5.74) is -0.429. The molecule has 2 atom stereocenters. The smallest absolute Gasteiger partial charge is 0.410 e. The molecule has 130 valence electrons. The molecule has 0 bridgehead atoms. The number of nitrogens with one attached hydrogen (secondary N) is 1. The Hall–Kier alpha value is -0.850. The van der Waals surface area contributed by atoms with Crippen LogP contribution >= 0.6 is 0 Å². The zero-order valence-corrected chi connectivity index (χ0v) is 14.8. The lowest BCUT2D eigenvalue weighted by Crippen LogP contribution is -2.40. The molecule has 1 fully saturated rings. The van der Waals surface area contributed by atoms with Gasteiger partial charge in [0.25, 0.3) is 0 Å². The number of amides is 1. The highest BCUT2D eigenvalue weighted by Crippen LogP contribution is 2.21. The number of rotatable bonds is 7. The molecule has 1 rings (SSSR count). The highest BCUT2D eigenvalue weighted by atomic mass is 16.7. The Morgan fingerprint density at radius 3 is 2.50 bits per heavy atom. The van der Waals surface area contributed by atoms with Gasteiger partial charge in [-0.2, -0.15) is 0 Å². The fourth-order valence-electron chi connectivity index (χ4n) is 2.68. The summed E-state index contributed by atoms with van der Waals surface area (Å²) in [4.78, 5) is 13.8. The van der Waals surface area contributed by atoms with Crippen molar-refractivity contribution in [2.24, 2.45) is 5.92 Å². The zero-order chi connectivity index (χ0) is 16.8. The van der Waals surface area contributed by atoms with Crippen molar-refractivity contribution in [3.63, 3.8) is 0 Å². The summed E-state index contributed by atoms with van der Waals surface area (Å²) < 4.78 is 15.9. The normalized spacial score (nSPS) is 20.5. The van der Waals surface area contributed by atoms with Crippen LogP contribution in [0.2, 0.25) is 0 Å². The van der Waals surface area contributed by atoms with Crippen LogP contribution in [0, 0.1) is 5.92 Å². The molecule has 1 saturated heterocycles. The van der Waals surface area contributed by atoms with Gasteiger partial charge in [0.15, 0.2) is 6.29 Å². The molecule has 1 amide bonds. The van der Waals surface area contributed by atoms with Crippen LogP contribution in [0.3, 0.4) is 0 Å². The molecule has 6 nitrogen and oxygen atoms in total. The van der Waals surface area contributed by atoms with E-state index in [-0.39, 0.29) is 18.4 Å². The van der Waals surface area contributed by atoms with Gasteiger partial charge in [-0.05, 0) is 53.0 Å². The van der Waals surface area contributed by atoms with E-state index < -0.39 is 5.60 Å². The lowest BCUT2D eigenvalue weighted by molar-refractivity contribution is -0.119. The highest BCUT2D eigenvalue weighted by molar-refractivity contribution is 5.68. The number of methoxy groups -OCH3 is 2. The predicted molar refractivity (Wildman–Crippen MR) is 85.8 cm³/mol. The molecule has 0 aromatic carbocycles. The predicted octanol–water partition coefficient (Wildman–Crippen LogP) is 2.23. The minimum absolute atomic E-state index is 0.137. The van der Waals surface area contributed by atoms with Crippen molar-refractivity contribution in [3.05, 3.63) is 0 Å². The van der Waals surface area contributed by atoms with Crippen LogP contribution in [-0.4, -0.2) is 62.8 Å². The minimum atomic E-state index is -0.429. The Morgan fingerprint density at radius 2 is 1.95 bits per heavy atom. The van der Waals surface area contributed by atoms with Gasteiger partial charge in [-0.15, -0.1) is 0 Å². The van der Waals surface area contributed by atoms with E-state index in [1.807, 2.05) is 32.6 Å². The molecule has 1 heterocycles. The van der Waals surface area contributed by atoms with Crippen LogP contribution in [0.25, 0.3) is 0 Å². The van der Waals surface area contributed by atoms with E-state index in [4.69, 9.17) is 14.2 Å². The minimum Gasteiger partial charge on any atom is -0.444 e. The lowest BCUT2D eigenvalue weighted by Gasteiger charge is -2.25. The van der Waals surface area contributed by atoms with Gasteiger partial charge in [0.1, 0.15) is 5.60 Å². The van der Waals surface area contributed by atoms with Crippen molar-refractivity contribution in [2.75, 3.05) is 33.9 Å². The van der Waals surface area contributed by atoms with Crippen LogP contribution in [0.1, 0.15) is 40.5 Å². The second-order valence-electron chi connectivity index (χ2n) is 6.95. The number of carbonyl (C=O) groups is 1. The van der Waals surface area contributed by atoms with Gasteiger partial charge >= 0.3 is 6.09 Å². The molecule has 0 saturated carbocycles. The molecule has 0 radical (unpaired) electrons. The maximum absolute atomic E-state index is 12.0. The van der Waals surface area contributed by atoms with Gasteiger partial charge in [-0.1, -0.05) is 0 Å². The van der Waals surface area contributed by atoms with E-state index in [1.165, 1.54) is 0 Å². The molecule has 0 aromatic rings. The number of carbonyl (C=O) groups excluding carboxylic acids is 1. The number of hydrogen-bond acceptors (Lipinski definition) is 5. The second-order valence-corrected chi connectivity index (χ2v) is 6.95. The van der Waals surface area contributed by atoms with Gasteiger partial charge in [0.2, 0.25) is 0 Å². The van der Waals surface area contributed by atoms with Crippen LogP contribution in [-0.2, 0) is 14.2 Å².